The molecule has 2 aliphatic rings. The van der Waals surface area contributed by atoms with Crippen LogP contribution in [-0.4, -0.2) is 52.3 Å². The highest BCUT2D eigenvalue weighted by Gasteiger charge is 2.22. The van der Waals surface area contributed by atoms with Crippen LogP contribution in [0.25, 0.3) is 0 Å². The lowest BCUT2D eigenvalue weighted by Crippen LogP contribution is -2.38. The fourth-order valence-electron chi connectivity index (χ4n) is 2.86. The van der Waals surface area contributed by atoms with Gasteiger partial charge in [0.25, 0.3) is 0 Å². The molecule has 0 unspecified atom stereocenters. The molecule has 8 nitrogen and oxygen atoms in total. The maximum Gasteiger partial charge on any atom is 0.243 e. The molecule has 0 radical (unpaired) electrons. The molecule has 8 heteroatoms. The van der Waals surface area contributed by atoms with Gasteiger partial charge in [-0.25, -0.2) is 5.84 Å². The summed E-state index contributed by atoms with van der Waals surface area (Å²) < 4.78 is 0. The van der Waals surface area contributed by atoms with Crippen molar-refractivity contribution in [3.63, 3.8) is 0 Å². The number of piperidine rings is 2. The van der Waals surface area contributed by atoms with E-state index in [9.17, 15) is 5.11 Å². The van der Waals surface area contributed by atoms with Gasteiger partial charge in [0.15, 0.2) is 0 Å². The first-order chi connectivity index (χ1) is 10.3. The number of nitrogens with two attached hydrogens (primary N) is 1. The molecule has 2 fully saturated rings. The lowest BCUT2D eigenvalue weighted by Gasteiger charge is -2.31. The van der Waals surface area contributed by atoms with E-state index in [1.807, 2.05) is 0 Å². The predicted molar refractivity (Wildman–Crippen MR) is 81.2 cm³/mol. The lowest BCUT2D eigenvalue weighted by atomic mass is 10.1. The molecule has 3 heterocycles. The van der Waals surface area contributed by atoms with Crippen LogP contribution in [-0.2, 0) is 0 Å². The van der Waals surface area contributed by atoms with Crippen molar-refractivity contribution in [3.8, 4) is 0 Å². The summed E-state index contributed by atoms with van der Waals surface area (Å²) in [5, 5.41) is 9.61. The van der Waals surface area contributed by atoms with Gasteiger partial charge in [-0.15, -0.1) is 0 Å². The molecule has 0 aliphatic carbocycles. The smallest absolute Gasteiger partial charge is 0.243 e. The summed E-state index contributed by atoms with van der Waals surface area (Å²) in [7, 11) is 0. The number of aliphatic hydroxyl groups excluding tert-OH is 1. The summed E-state index contributed by atoms with van der Waals surface area (Å²) in [4.78, 5) is 17.6. The molecule has 21 heavy (non-hydrogen) atoms. The molecule has 2 saturated heterocycles. The Bertz CT molecular complexity index is 470. The summed E-state index contributed by atoms with van der Waals surface area (Å²) in [6, 6.07) is 0. The number of hydrogen-bond acceptors (Lipinski definition) is 8. The fourth-order valence-corrected chi connectivity index (χ4v) is 2.86. The van der Waals surface area contributed by atoms with E-state index in [0.29, 0.717) is 17.8 Å². The Kier molecular flexibility index (Phi) is 4.35. The second-order valence-electron chi connectivity index (χ2n) is 5.67. The Morgan fingerprint density at radius 1 is 0.905 bits per heavy atom. The first-order valence-corrected chi connectivity index (χ1v) is 7.67. The van der Waals surface area contributed by atoms with Crippen LogP contribution < -0.4 is 21.1 Å². The zero-order chi connectivity index (χ0) is 14.7. The number of nitrogen functional groups attached to an aromatic ring is 1. The van der Waals surface area contributed by atoms with Crippen LogP contribution in [0.15, 0.2) is 0 Å². The standard InChI is InChI=1S/C13H23N7O/c14-18-11-15-12(19-6-2-1-3-7-19)17-13(16-11)20-8-4-10(21)5-9-20/h10,21H,1-9,14H2,(H,15,16,17,18). The largest absolute Gasteiger partial charge is 0.393 e. The molecule has 3 rings (SSSR count). The van der Waals surface area contributed by atoms with E-state index in [1.54, 1.807) is 0 Å². The highest BCUT2D eigenvalue weighted by Crippen LogP contribution is 2.22. The van der Waals surface area contributed by atoms with Crippen molar-refractivity contribution in [2.75, 3.05) is 41.4 Å². The summed E-state index contributed by atoms with van der Waals surface area (Å²) >= 11 is 0. The van der Waals surface area contributed by atoms with Gasteiger partial charge >= 0.3 is 0 Å². The molecule has 0 bridgehead atoms. The average molecular weight is 293 g/mol. The minimum Gasteiger partial charge on any atom is -0.393 e. The number of aromatic nitrogens is 3. The first-order valence-electron chi connectivity index (χ1n) is 7.67. The van der Waals surface area contributed by atoms with Crippen LogP contribution in [0.4, 0.5) is 17.8 Å². The summed E-state index contributed by atoms with van der Waals surface area (Å²) in [6.07, 6.45) is 4.88. The minimum absolute atomic E-state index is 0.211. The van der Waals surface area contributed by atoms with Gasteiger partial charge in [0.1, 0.15) is 0 Å². The maximum absolute atomic E-state index is 9.61. The Morgan fingerprint density at radius 3 is 2.05 bits per heavy atom. The number of hydrogen-bond donors (Lipinski definition) is 3. The lowest BCUT2D eigenvalue weighted by molar-refractivity contribution is 0.145. The zero-order valence-electron chi connectivity index (χ0n) is 12.2. The number of anilines is 3. The van der Waals surface area contributed by atoms with Gasteiger partial charge in [0.05, 0.1) is 6.10 Å². The number of nitrogens with one attached hydrogen (secondary N) is 1. The Hall–Kier alpha value is -1.67. The van der Waals surface area contributed by atoms with Crippen molar-refractivity contribution in [1.29, 1.82) is 0 Å². The number of nitrogens with zero attached hydrogens (tertiary/aromatic N) is 5. The molecule has 0 atom stereocenters. The van der Waals surface area contributed by atoms with Crippen LogP contribution >= 0.6 is 0 Å². The highest BCUT2D eigenvalue weighted by molar-refractivity contribution is 5.45. The summed E-state index contributed by atoms with van der Waals surface area (Å²) in [6.45, 7) is 3.47. The quantitative estimate of drug-likeness (QED) is 0.533. The van der Waals surface area contributed by atoms with E-state index >= 15 is 0 Å². The first kappa shape index (κ1) is 14.3. The average Bonchev–Trinajstić information content (AvgIpc) is 2.56. The van der Waals surface area contributed by atoms with Crippen molar-refractivity contribution in [2.45, 2.75) is 38.2 Å². The second-order valence-corrected chi connectivity index (χ2v) is 5.67. The Balaban J connectivity index is 1.82. The van der Waals surface area contributed by atoms with Crippen molar-refractivity contribution in [1.82, 2.24) is 15.0 Å². The van der Waals surface area contributed by atoms with Crippen LogP contribution in [0, 0.1) is 0 Å². The van der Waals surface area contributed by atoms with Gasteiger partial charge in [0.2, 0.25) is 17.8 Å². The molecule has 0 spiro atoms. The van der Waals surface area contributed by atoms with Crippen LogP contribution in [0.1, 0.15) is 32.1 Å². The van der Waals surface area contributed by atoms with Crippen molar-refractivity contribution >= 4 is 17.8 Å². The van der Waals surface area contributed by atoms with Gasteiger partial charge < -0.3 is 14.9 Å². The molecule has 116 valence electrons. The Morgan fingerprint density at radius 2 is 1.48 bits per heavy atom. The number of hydrazine groups is 1. The molecule has 1 aromatic heterocycles. The van der Waals surface area contributed by atoms with E-state index in [4.69, 9.17) is 5.84 Å². The normalized spacial score (nSPS) is 20.7. The third kappa shape index (κ3) is 3.33. The SMILES string of the molecule is NNc1nc(N2CCCCC2)nc(N2CCC(O)CC2)n1. The number of aliphatic hydroxyl groups is 1. The molecular formula is C13H23N7O. The third-order valence-corrected chi connectivity index (χ3v) is 4.13. The topological polar surface area (TPSA) is 103 Å². The van der Waals surface area contributed by atoms with E-state index in [-0.39, 0.29) is 6.10 Å². The van der Waals surface area contributed by atoms with Gasteiger partial charge in [-0.2, -0.15) is 15.0 Å². The van der Waals surface area contributed by atoms with E-state index in [0.717, 1.165) is 39.0 Å². The molecular weight excluding hydrogens is 270 g/mol. The van der Waals surface area contributed by atoms with Crippen molar-refractivity contribution < 1.29 is 5.11 Å². The minimum atomic E-state index is -0.211. The maximum atomic E-state index is 9.61. The van der Waals surface area contributed by atoms with Gasteiger partial charge in [0, 0.05) is 26.2 Å². The van der Waals surface area contributed by atoms with Gasteiger partial charge in [-0.1, -0.05) is 0 Å². The molecule has 1 aromatic rings. The summed E-state index contributed by atoms with van der Waals surface area (Å²) in [5.41, 5.74) is 2.53. The van der Waals surface area contributed by atoms with Crippen molar-refractivity contribution in [3.05, 3.63) is 0 Å². The molecule has 0 amide bonds. The molecule has 0 aromatic carbocycles. The van der Waals surface area contributed by atoms with Crippen molar-refractivity contribution in [2.24, 2.45) is 5.84 Å². The van der Waals surface area contributed by atoms with Gasteiger partial charge in [-0.3, -0.25) is 5.43 Å². The van der Waals surface area contributed by atoms with Crippen LogP contribution in [0.3, 0.4) is 0 Å². The molecule has 4 N–H and O–H groups in total. The summed E-state index contributed by atoms with van der Waals surface area (Å²) in [5.74, 6) is 7.22. The predicted octanol–water partition coefficient (Wildman–Crippen LogP) is 0.109. The Labute approximate surface area is 124 Å². The molecule has 2 aliphatic heterocycles. The van der Waals surface area contributed by atoms with Crippen LogP contribution in [0.5, 0.6) is 0 Å². The number of rotatable bonds is 3. The van der Waals surface area contributed by atoms with Gasteiger partial charge in [-0.05, 0) is 32.1 Å². The van der Waals surface area contributed by atoms with E-state index in [2.05, 4.69) is 30.2 Å². The molecule has 0 saturated carbocycles. The van der Waals surface area contributed by atoms with Crippen LogP contribution in [0.2, 0.25) is 0 Å². The monoisotopic (exact) mass is 293 g/mol. The fraction of sp³-hybridized carbons (Fsp3) is 0.769. The second kappa shape index (κ2) is 6.40. The van der Waals surface area contributed by atoms with E-state index < -0.39 is 0 Å². The van der Waals surface area contributed by atoms with E-state index in [1.165, 1.54) is 19.3 Å². The third-order valence-electron chi connectivity index (χ3n) is 4.13. The zero-order valence-corrected chi connectivity index (χ0v) is 12.2. The highest BCUT2D eigenvalue weighted by atomic mass is 16.3.